The van der Waals surface area contributed by atoms with Crippen molar-refractivity contribution in [1.82, 2.24) is 4.31 Å². The quantitative estimate of drug-likeness (QED) is 0.330. The molecule has 2 aromatic carbocycles. The predicted octanol–water partition coefficient (Wildman–Crippen LogP) is 3.75. The highest BCUT2D eigenvalue weighted by atomic mass is 32.2. The standard InChI is InChI=1S/C21H25F3N4O3S/c1-20(2,19(25)14-27-26)28(12-13-31-3)32(29,30)18-10-6-16(7-11-18)15-4-8-17(9-5-15)21(22,23)24/h4-11,14,25H,12-13,26H2,1-3H3. The highest BCUT2D eigenvalue weighted by Crippen LogP contribution is 2.32. The molecule has 0 aliphatic carbocycles. The normalized spacial score (nSPS) is 13.1. The number of hydrogen-bond acceptors (Lipinski definition) is 6. The zero-order valence-corrected chi connectivity index (χ0v) is 18.7. The van der Waals surface area contributed by atoms with Crippen LogP contribution in [0, 0.1) is 5.41 Å². The van der Waals surface area contributed by atoms with Crippen molar-refractivity contribution in [2.75, 3.05) is 20.3 Å². The van der Waals surface area contributed by atoms with Crippen molar-refractivity contribution in [3.8, 4) is 11.1 Å². The molecule has 0 unspecified atom stereocenters. The van der Waals surface area contributed by atoms with E-state index in [4.69, 9.17) is 16.0 Å². The van der Waals surface area contributed by atoms with Crippen molar-refractivity contribution in [2.45, 2.75) is 30.5 Å². The van der Waals surface area contributed by atoms with Gasteiger partial charge in [-0.05, 0) is 49.2 Å². The van der Waals surface area contributed by atoms with E-state index in [1.807, 2.05) is 0 Å². The molecule has 2 rings (SSSR count). The molecule has 0 saturated carbocycles. The summed E-state index contributed by atoms with van der Waals surface area (Å²) < 4.78 is 71.2. The fraction of sp³-hybridized carbons (Fsp3) is 0.333. The molecule has 0 bridgehead atoms. The summed E-state index contributed by atoms with van der Waals surface area (Å²) in [6, 6.07) is 10.4. The Bertz CT molecular complexity index is 1060. The van der Waals surface area contributed by atoms with Crippen LogP contribution in [0.4, 0.5) is 13.2 Å². The van der Waals surface area contributed by atoms with Crippen LogP contribution < -0.4 is 5.84 Å². The van der Waals surface area contributed by atoms with Crippen LogP contribution in [-0.2, 0) is 20.9 Å². The van der Waals surface area contributed by atoms with E-state index >= 15 is 0 Å². The first-order valence-electron chi connectivity index (χ1n) is 9.47. The number of benzene rings is 2. The maximum absolute atomic E-state index is 13.4. The van der Waals surface area contributed by atoms with Crippen molar-refractivity contribution in [3.05, 3.63) is 54.1 Å². The molecule has 0 saturated heterocycles. The summed E-state index contributed by atoms with van der Waals surface area (Å²) in [6.07, 6.45) is -3.36. The molecular formula is C21H25F3N4O3S. The molecule has 0 spiro atoms. The SMILES string of the molecule is COCCN(C(C)(C)C(=N)C=NN)S(=O)(=O)c1ccc(-c2ccc(C(F)(F)F)cc2)cc1. The molecule has 0 aromatic heterocycles. The van der Waals surface area contributed by atoms with Gasteiger partial charge < -0.3 is 16.0 Å². The van der Waals surface area contributed by atoms with Crippen LogP contribution >= 0.6 is 0 Å². The number of alkyl halides is 3. The van der Waals surface area contributed by atoms with Crippen molar-refractivity contribution >= 4 is 21.9 Å². The lowest BCUT2D eigenvalue weighted by Gasteiger charge is -2.36. The first-order valence-corrected chi connectivity index (χ1v) is 10.9. The van der Waals surface area contributed by atoms with Crippen LogP contribution in [0.1, 0.15) is 19.4 Å². The van der Waals surface area contributed by atoms with Crippen LogP contribution in [-0.4, -0.2) is 50.4 Å². The molecule has 11 heteroatoms. The Kier molecular flexibility index (Phi) is 7.81. The lowest BCUT2D eigenvalue weighted by molar-refractivity contribution is -0.137. The van der Waals surface area contributed by atoms with E-state index in [0.717, 1.165) is 22.7 Å². The molecule has 0 heterocycles. The second-order valence-corrected chi connectivity index (χ2v) is 9.28. The molecule has 7 nitrogen and oxygen atoms in total. The van der Waals surface area contributed by atoms with Gasteiger partial charge in [0.25, 0.3) is 0 Å². The van der Waals surface area contributed by atoms with Gasteiger partial charge in [0.05, 0.1) is 34.5 Å². The minimum absolute atomic E-state index is 0.0206. The molecule has 0 aliphatic rings. The van der Waals surface area contributed by atoms with Crippen molar-refractivity contribution in [3.63, 3.8) is 0 Å². The molecule has 0 fully saturated rings. The van der Waals surface area contributed by atoms with E-state index in [-0.39, 0.29) is 23.8 Å². The van der Waals surface area contributed by atoms with E-state index < -0.39 is 27.3 Å². The number of nitrogens with one attached hydrogen (secondary N) is 1. The number of ether oxygens (including phenoxy) is 1. The third kappa shape index (κ3) is 5.53. The molecule has 3 N–H and O–H groups in total. The van der Waals surface area contributed by atoms with Crippen molar-refractivity contribution in [2.24, 2.45) is 10.9 Å². The average Bonchev–Trinajstić information content (AvgIpc) is 2.73. The van der Waals surface area contributed by atoms with Crippen LogP contribution in [0.25, 0.3) is 11.1 Å². The van der Waals surface area contributed by atoms with Crippen LogP contribution in [0.3, 0.4) is 0 Å². The Morgan fingerprint density at radius 1 is 1.09 bits per heavy atom. The fourth-order valence-electron chi connectivity index (χ4n) is 3.04. The number of hydrogen-bond donors (Lipinski definition) is 2. The zero-order chi connectivity index (χ0) is 24.2. The molecule has 0 radical (unpaired) electrons. The monoisotopic (exact) mass is 470 g/mol. The number of hydrazone groups is 1. The molecular weight excluding hydrogens is 445 g/mol. The molecule has 2 aromatic rings. The van der Waals surface area contributed by atoms with Crippen LogP contribution in [0.2, 0.25) is 0 Å². The summed E-state index contributed by atoms with van der Waals surface area (Å²) in [4.78, 5) is -0.0326. The number of sulfonamides is 1. The Labute approximate surface area is 185 Å². The van der Waals surface area contributed by atoms with Crippen LogP contribution in [0.15, 0.2) is 58.5 Å². The summed E-state index contributed by atoms with van der Waals surface area (Å²) in [5, 5.41) is 11.5. The van der Waals surface area contributed by atoms with Gasteiger partial charge in [-0.3, -0.25) is 0 Å². The van der Waals surface area contributed by atoms with Gasteiger partial charge in [0.15, 0.2) is 0 Å². The Morgan fingerprint density at radius 3 is 2.03 bits per heavy atom. The number of rotatable bonds is 9. The Morgan fingerprint density at radius 2 is 1.59 bits per heavy atom. The largest absolute Gasteiger partial charge is 0.416 e. The second-order valence-electron chi connectivity index (χ2n) is 7.42. The van der Waals surface area contributed by atoms with E-state index in [9.17, 15) is 21.6 Å². The molecule has 32 heavy (non-hydrogen) atoms. The number of nitrogens with two attached hydrogens (primary N) is 1. The fourth-order valence-corrected chi connectivity index (χ4v) is 4.79. The lowest BCUT2D eigenvalue weighted by Crippen LogP contribution is -2.54. The van der Waals surface area contributed by atoms with Gasteiger partial charge in [-0.1, -0.05) is 24.3 Å². The van der Waals surface area contributed by atoms with E-state index in [1.165, 1.54) is 43.5 Å². The van der Waals surface area contributed by atoms with Gasteiger partial charge in [-0.25, -0.2) is 8.42 Å². The highest BCUT2D eigenvalue weighted by Gasteiger charge is 2.39. The minimum Gasteiger partial charge on any atom is -0.383 e. The molecule has 174 valence electrons. The predicted molar refractivity (Wildman–Crippen MR) is 117 cm³/mol. The second kappa shape index (κ2) is 9.80. The van der Waals surface area contributed by atoms with Gasteiger partial charge in [0, 0.05) is 13.7 Å². The molecule has 0 aliphatic heterocycles. The van der Waals surface area contributed by atoms with E-state index in [1.54, 1.807) is 13.8 Å². The topological polar surface area (TPSA) is 109 Å². The average molecular weight is 471 g/mol. The Balaban J connectivity index is 2.40. The third-order valence-corrected chi connectivity index (χ3v) is 7.06. The summed E-state index contributed by atoms with van der Waals surface area (Å²) in [6.45, 7) is 3.19. The number of halogens is 3. The highest BCUT2D eigenvalue weighted by molar-refractivity contribution is 7.89. The Hall–Kier alpha value is -2.76. The summed E-state index contributed by atoms with van der Waals surface area (Å²) in [7, 11) is -2.62. The molecule has 0 atom stereocenters. The third-order valence-electron chi connectivity index (χ3n) is 4.97. The van der Waals surface area contributed by atoms with E-state index in [0.29, 0.717) is 11.1 Å². The van der Waals surface area contributed by atoms with Crippen LogP contribution in [0.5, 0.6) is 0 Å². The van der Waals surface area contributed by atoms with Crippen molar-refractivity contribution in [1.29, 1.82) is 5.41 Å². The zero-order valence-electron chi connectivity index (χ0n) is 17.8. The first-order chi connectivity index (χ1) is 14.9. The maximum atomic E-state index is 13.4. The number of nitrogens with zero attached hydrogens (tertiary/aromatic N) is 2. The summed E-state index contributed by atoms with van der Waals surface area (Å²) in [5.74, 6) is 5.13. The number of methoxy groups -OCH3 is 1. The summed E-state index contributed by atoms with van der Waals surface area (Å²) in [5.41, 5.74) is -1.07. The van der Waals surface area contributed by atoms with Gasteiger partial charge >= 0.3 is 6.18 Å². The van der Waals surface area contributed by atoms with Gasteiger partial charge in [0.2, 0.25) is 10.0 Å². The van der Waals surface area contributed by atoms with Gasteiger partial charge in [-0.15, -0.1) is 0 Å². The van der Waals surface area contributed by atoms with Gasteiger partial charge in [-0.2, -0.15) is 22.6 Å². The van der Waals surface area contributed by atoms with E-state index in [2.05, 4.69) is 5.10 Å². The smallest absolute Gasteiger partial charge is 0.383 e. The molecule has 0 amide bonds. The lowest BCUT2D eigenvalue weighted by atomic mass is 9.99. The first kappa shape index (κ1) is 25.5. The van der Waals surface area contributed by atoms with Crippen molar-refractivity contribution < 1.29 is 26.3 Å². The summed E-state index contributed by atoms with van der Waals surface area (Å²) >= 11 is 0. The van der Waals surface area contributed by atoms with Gasteiger partial charge in [0.1, 0.15) is 0 Å². The maximum Gasteiger partial charge on any atom is 0.416 e. The minimum atomic E-state index is -4.43.